The van der Waals surface area contributed by atoms with E-state index < -0.39 is 6.10 Å². The Morgan fingerprint density at radius 1 is 0.328 bits per heavy atom. The summed E-state index contributed by atoms with van der Waals surface area (Å²) in [6.07, 6.45) is 52.0. The van der Waals surface area contributed by atoms with Crippen molar-refractivity contribution in [2.75, 3.05) is 13.2 Å². The number of rotatable bonds is 47. The Balaban J connectivity index is 4.22. The van der Waals surface area contributed by atoms with Crippen molar-refractivity contribution in [3.63, 3.8) is 0 Å². The van der Waals surface area contributed by atoms with Crippen molar-refractivity contribution in [2.24, 2.45) is 0 Å². The second kappa shape index (κ2) is 47.8. The Morgan fingerprint density at radius 3 is 0.897 bits per heavy atom. The van der Waals surface area contributed by atoms with E-state index in [0.717, 1.165) is 64.2 Å². The molecule has 1 atom stereocenters. The maximum absolute atomic E-state index is 12.7. The molecule has 6 nitrogen and oxygen atoms in total. The molecule has 0 fully saturated rings. The molecule has 0 heterocycles. The second-order valence-electron chi connectivity index (χ2n) is 17.4. The number of carbonyl (C=O) groups is 3. The van der Waals surface area contributed by atoms with Crippen molar-refractivity contribution in [1.29, 1.82) is 0 Å². The number of hydrogen-bond acceptors (Lipinski definition) is 6. The zero-order valence-electron chi connectivity index (χ0n) is 39.1. The largest absolute Gasteiger partial charge is 0.462 e. The van der Waals surface area contributed by atoms with E-state index in [2.05, 4.69) is 32.9 Å². The van der Waals surface area contributed by atoms with Crippen molar-refractivity contribution < 1.29 is 28.6 Å². The minimum absolute atomic E-state index is 0.0685. The average Bonchev–Trinajstić information content (AvgIpc) is 3.22. The van der Waals surface area contributed by atoms with E-state index in [9.17, 15) is 14.4 Å². The van der Waals surface area contributed by atoms with Crippen molar-refractivity contribution in [1.82, 2.24) is 0 Å². The Morgan fingerprint density at radius 2 is 0.569 bits per heavy atom. The molecule has 0 spiro atoms. The van der Waals surface area contributed by atoms with Crippen molar-refractivity contribution >= 4 is 17.9 Å². The molecule has 0 N–H and O–H groups in total. The van der Waals surface area contributed by atoms with Crippen LogP contribution in [0.2, 0.25) is 0 Å². The first kappa shape index (κ1) is 56.1. The highest BCUT2D eigenvalue weighted by molar-refractivity contribution is 5.71. The molecule has 6 heteroatoms. The van der Waals surface area contributed by atoms with Gasteiger partial charge in [-0.2, -0.15) is 0 Å². The topological polar surface area (TPSA) is 78.9 Å². The molecule has 58 heavy (non-hydrogen) atoms. The number of hydrogen-bond donors (Lipinski definition) is 0. The molecule has 0 saturated heterocycles. The van der Waals surface area contributed by atoms with Gasteiger partial charge >= 0.3 is 17.9 Å². The van der Waals surface area contributed by atoms with Crippen LogP contribution in [-0.4, -0.2) is 37.2 Å². The van der Waals surface area contributed by atoms with Crippen LogP contribution in [0.25, 0.3) is 0 Å². The zero-order valence-corrected chi connectivity index (χ0v) is 39.1. The highest BCUT2D eigenvalue weighted by Crippen LogP contribution is 2.16. The summed E-state index contributed by atoms with van der Waals surface area (Å²) < 4.78 is 16.7. The molecule has 342 valence electrons. The van der Waals surface area contributed by atoms with Gasteiger partial charge in [-0.15, -0.1) is 0 Å². The van der Waals surface area contributed by atoms with Crippen molar-refractivity contribution in [3.8, 4) is 0 Å². The van der Waals surface area contributed by atoms with Gasteiger partial charge in [0.05, 0.1) is 0 Å². The van der Waals surface area contributed by atoms with Gasteiger partial charge in [0.1, 0.15) is 13.2 Å². The molecule has 0 aliphatic heterocycles. The maximum Gasteiger partial charge on any atom is 0.306 e. The third-order valence-corrected chi connectivity index (χ3v) is 11.5. The summed E-state index contributed by atoms with van der Waals surface area (Å²) in [6, 6.07) is 0. The van der Waals surface area contributed by atoms with Gasteiger partial charge in [-0.05, 0) is 44.9 Å². The van der Waals surface area contributed by atoms with E-state index in [-0.39, 0.29) is 31.1 Å². The van der Waals surface area contributed by atoms with E-state index >= 15 is 0 Å². The molecule has 0 rings (SSSR count). The van der Waals surface area contributed by atoms with Gasteiger partial charge in [0.15, 0.2) is 6.10 Å². The third-order valence-electron chi connectivity index (χ3n) is 11.5. The molecule has 0 aromatic carbocycles. The van der Waals surface area contributed by atoms with Crippen LogP contribution in [0.3, 0.4) is 0 Å². The van der Waals surface area contributed by atoms with E-state index in [1.165, 1.54) is 180 Å². The molecule has 0 radical (unpaired) electrons. The van der Waals surface area contributed by atoms with E-state index in [1.807, 2.05) is 0 Å². The molecule has 0 aliphatic carbocycles. The Kier molecular flexibility index (Phi) is 46.3. The van der Waals surface area contributed by atoms with Gasteiger partial charge in [-0.1, -0.05) is 232 Å². The Hall–Kier alpha value is -1.85. The van der Waals surface area contributed by atoms with Crippen LogP contribution >= 0.6 is 0 Å². The van der Waals surface area contributed by atoms with Crippen LogP contribution in [0.4, 0.5) is 0 Å². The highest BCUT2D eigenvalue weighted by atomic mass is 16.6. The van der Waals surface area contributed by atoms with E-state index in [4.69, 9.17) is 14.2 Å². The van der Waals surface area contributed by atoms with E-state index in [0.29, 0.717) is 19.3 Å². The van der Waals surface area contributed by atoms with Crippen molar-refractivity contribution in [2.45, 2.75) is 290 Å². The zero-order chi connectivity index (χ0) is 42.3. The summed E-state index contributed by atoms with van der Waals surface area (Å²) in [6.45, 7) is 6.62. The standard InChI is InChI=1S/C52H98O6/c1-4-7-10-13-16-19-21-23-24-25-26-27-28-29-31-33-36-39-42-45-51(54)57-48-49(47-56-50(53)44-41-38-35-32-18-15-12-9-6-3)58-52(55)46-43-40-37-34-30-22-20-17-14-11-8-5-2/h17,20,49H,4-16,18-19,21-48H2,1-3H3/b20-17-. The summed E-state index contributed by atoms with van der Waals surface area (Å²) in [5.74, 6) is -0.866. The fourth-order valence-electron chi connectivity index (χ4n) is 7.61. The summed E-state index contributed by atoms with van der Waals surface area (Å²) in [4.78, 5) is 37.8. The summed E-state index contributed by atoms with van der Waals surface area (Å²) >= 11 is 0. The normalized spacial score (nSPS) is 12.0. The molecule has 0 aromatic heterocycles. The fraction of sp³-hybridized carbons (Fsp3) is 0.904. The van der Waals surface area contributed by atoms with Crippen LogP contribution in [0.5, 0.6) is 0 Å². The predicted molar refractivity (Wildman–Crippen MR) is 247 cm³/mol. The number of esters is 3. The smallest absolute Gasteiger partial charge is 0.306 e. The maximum atomic E-state index is 12.7. The molecule has 0 amide bonds. The number of unbranched alkanes of at least 4 members (excludes halogenated alkanes) is 34. The van der Waals surface area contributed by atoms with Gasteiger partial charge in [0.25, 0.3) is 0 Å². The predicted octanol–water partition coefficient (Wildman–Crippen LogP) is 16.6. The molecule has 0 bridgehead atoms. The molecular weight excluding hydrogens is 721 g/mol. The molecule has 0 aromatic rings. The first-order valence-electron chi connectivity index (χ1n) is 25.7. The van der Waals surface area contributed by atoms with Crippen LogP contribution < -0.4 is 0 Å². The summed E-state index contributed by atoms with van der Waals surface area (Å²) in [5.41, 5.74) is 0. The molecular formula is C52H98O6. The van der Waals surface area contributed by atoms with Gasteiger partial charge in [0.2, 0.25) is 0 Å². The average molecular weight is 819 g/mol. The number of carbonyl (C=O) groups excluding carboxylic acids is 3. The summed E-state index contributed by atoms with van der Waals surface area (Å²) in [7, 11) is 0. The molecule has 0 aliphatic rings. The van der Waals surface area contributed by atoms with Gasteiger partial charge < -0.3 is 14.2 Å². The molecule has 1 unspecified atom stereocenters. The SMILES string of the molecule is CCCCC/C=C\CCCCCCCC(=O)OC(COC(=O)CCCCCCCCCCC)COC(=O)CCCCCCCCCCCCCCCCCCCCC. The Bertz CT molecular complexity index is 900. The minimum atomic E-state index is -0.766. The van der Waals surface area contributed by atoms with Crippen LogP contribution in [0, 0.1) is 0 Å². The van der Waals surface area contributed by atoms with E-state index in [1.54, 1.807) is 0 Å². The first-order valence-corrected chi connectivity index (χ1v) is 25.7. The van der Waals surface area contributed by atoms with Crippen LogP contribution in [0.1, 0.15) is 284 Å². The monoisotopic (exact) mass is 819 g/mol. The fourth-order valence-corrected chi connectivity index (χ4v) is 7.61. The lowest BCUT2D eigenvalue weighted by Crippen LogP contribution is -2.30. The second-order valence-corrected chi connectivity index (χ2v) is 17.4. The van der Waals surface area contributed by atoms with Gasteiger partial charge in [0, 0.05) is 19.3 Å². The van der Waals surface area contributed by atoms with Crippen molar-refractivity contribution in [3.05, 3.63) is 12.2 Å². The summed E-state index contributed by atoms with van der Waals surface area (Å²) in [5, 5.41) is 0. The first-order chi connectivity index (χ1) is 28.5. The third kappa shape index (κ3) is 45.2. The Labute approximate surface area is 360 Å². The number of ether oxygens (including phenoxy) is 3. The number of allylic oxidation sites excluding steroid dienone is 2. The van der Waals surface area contributed by atoms with Crippen LogP contribution in [0.15, 0.2) is 12.2 Å². The van der Waals surface area contributed by atoms with Gasteiger partial charge in [-0.3, -0.25) is 14.4 Å². The lowest BCUT2D eigenvalue weighted by Gasteiger charge is -2.18. The lowest BCUT2D eigenvalue weighted by atomic mass is 10.0. The highest BCUT2D eigenvalue weighted by Gasteiger charge is 2.19. The molecule has 0 saturated carbocycles. The lowest BCUT2D eigenvalue weighted by molar-refractivity contribution is -0.167. The van der Waals surface area contributed by atoms with Gasteiger partial charge in [-0.25, -0.2) is 0 Å². The quantitative estimate of drug-likeness (QED) is 0.0263. The van der Waals surface area contributed by atoms with Crippen LogP contribution in [-0.2, 0) is 28.6 Å². The minimum Gasteiger partial charge on any atom is -0.462 e.